The number of hydrogen-bond acceptors (Lipinski definition) is 5. The second-order valence-electron chi connectivity index (χ2n) is 7.06. The van der Waals surface area contributed by atoms with Crippen LogP contribution in [0.1, 0.15) is 41.6 Å². The summed E-state index contributed by atoms with van der Waals surface area (Å²) in [6.45, 7) is 0.520. The van der Waals surface area contributed by atoms with Crippen LogP contribution in [-0.2, 0) is 16.1 Å². The number of carbonyl (C=O) groups excluding carboxylic acids is 4. The summed E-state index contributed by atoms with van der Waals surface area (Å²) in [7, 11) is 3.35. The molecule has 1 heterocycles. The van der Waals surface area contributed by atoms with Crippen LogP contribution in [0, 0.1) is 0 Å². The van der Waals surface area contributed by atoms with Crippen LogP contribution in [0.3, 0.4) is 0 Å². The molecule has 1 N–H and O–H groups in total. The van der Waals surface area contributed by atoms with Crippen LogP contribution in [0.4, 0.5) is 4.79 Å². The van der Waals surface area contributed by atoms with E-state index in [0.29, 0.717) is 12.1 Å². The van der Waals surface area contributed by atoms with Crippen LogP contribution in [0.5, 0.6) is 0 Å². The van der Waals surface area contributed by atoms with Crippen molar-refractivity contribution in [3.8, 4) is 0 Å². The van der Waals surface area contributed by atoms with Gasteiger partial charge in [0.1, 0.15) is 0 Å². The van der Waals surface area contributed by atoms with Crippen molar-refractivity contribution >= 4 is 23.8 Å². The van der Waals surface area contributed by atoms with Gasteiger partial charge in [0.05, 0.1) is 6.67 Å². The van der Waals surface area contributed by atoms with E-state index in [1.807, 2.05) is 12.1 Å². The van der Waals surface area contributed by atoms with E-state index in [2.05, 4.69) is 5.32 Å². The van der Waals surface area contributed by atoms with E-state index in [1.165, 1.54) is 0 Å². The van der Waals surface area contributed by atoms with E-state index < -0.39 is 17.8 Å². The summed E-state index contributed by atoms with van der Waals surface area (Å²) >= 11 is 0. The Labute approximate surface area is 158 Å². The first kappa shape index (κ1) is 19.0. The normalized spacial score (nSPS) is 18.1. The average Bonchev–Trinajstić information content (AvgIpc) is 3.25. The van der Waals surface area contributed by atoms with Gasteiger partial charge in [0.2, 0.25) is 0 Å². The molecule has 5 amide bonds. The van der Waals surface area contributed by atoms with Crippen molar-refractivity contribution in [1.82, 2.24) is 20.0 Å². The Hall–Kier alpha value is -2.74. The summed E-state index contributed by atoms with van der Waals surface area (Å²) in [6.07, 6.45) is 3.49. The minimum Gasteiger partial charge on any atom is -0.355 e. The summed E-state index contributed by atoms with van der Waals surface area (Å²) in [5.41, 5.74) is 1.50. The van der Waals surface area contributed by atoms with E-state index in [4.69, 9.17) is 0 Å². The summed E-state index contributed by atoms with van der Waals surface area (Å²) in [5.74, 6) is -1.63. The lowest BCUT2D eigenvalue weighted by Gasteiger charge is -2.24. The molecule has 1 saturated carbocycles. The number of rotatable bonds is 6. The van der Waals surface area contributed by atoms with Gasteiger partial charge in [-0.25, -0.2) is 9.69 Å². The van der Waals surface area contributed by atoms with Crippen LogP contribution in [-0.4, -0.2) is 65.3 Å². The van der Waals surface area contributed by atoms with Gasteiger partial charge in [0.25, 0.3) is 5.91 Å². The van der Waals surface area contributed by atoms with Crippen molar-refractivity contribution in [2.75, 3.05) is 20.8 Å². The second-order valence-corrected chi connectivity index (χ2v) is 7.06. The highest BCUT2D eigenvalue weighted by molar-refractivity contribution is 6.44. The fourth-order valence-corrected chi connectivity index (χ4v) is 3.64. The van der Waals surface area contributed by atoms with E-state index >= 15 is 0 Å². The average molecular weight is 372 g/mol. The number of nitrogens with one attached hydrogen (secondary N) is 1. The SMILES string of the molecule is CNC(=O)c1ccc(CN(C)CN2C(=O)C(=O)N(C3CCCC3)C2=O)cc1. The molecule has 8 heteroatoms. The molecule has 0 atom stereocenters. The summed E-state index contributed by atoms with van der Waals surface area (Å²) < 4.78 is 0. The highest BCUT2D eigenvalue weighted by Crippen LogP contribution is 2.27. The first-order valence-electron chi connectivity index (χ1n) is 9.11. The quantitative estimate of drug-likeness (QED) is 0.598. The van der Waals surface area contributed by atoms with Gasteiger partial charge in [-0.15, -0.1) is 0 Å². The third-order valence-corrected chi connectivity index (χ3v) is 5.05. The van der Waals surface area contributed by atoms with Gasteiger partial charge in [-0.2, -0.15) is 0 Å². The summed E-state index contributed by atoms with van der Waals surface area (Å²) in [4.78, 5) is 52.6. The molecular weight excluding hydrogens is 348 g/mol. The predicted octanol–water partition coefficient (Wildman–Crippen LogP) is 1.17. The molecule has 0 unspecified atom stereocenters. The molecule has 1 aromatic rings. The summed E-state index contributed by atoms with van der Waals surface area (Å²) in [6, 6.07) is 6.43. The standard InChI is InChI=1S/C19H24N4O4/c1-20-16(24)14-9-7-13(8-10-14)11-21(2)12-22-17(25)18(26)23(19(22)27)15-5-3-4-6-15/h7-10,15H,3-6,11-12H2,1-2H3,(H,20,24). The predicted molar refractivity (Wildman–Crippen MR) is 97.5 cm³/mol. The molecule has 2 aliphatic rings. The smallest absolute Gasteiger partial charge is 0.335 e. The topological polar surface area (TPSA) is 90.0 Å². The van der Waals surface area contributed by atoms with E-state index in [-0.39, 0.29) is 18.6 Å². The number of nitrogens with zero attached hydrogens (tertiary/aromatic N) is 3. The Kier molecular flexibility index (Phi) is 5.55. The lowest BCUT2D eigenvalue weighted by molar-refractivity contribution is -0.144. The maximum absolute atomic E-state index is 12.6. The third-order valence-electron chi connectivity index (χ3n) is 5.05. The van der Waals surface area contributed by atoms with E-state index in [1.54, 1.807) is 31.1 Å². The molecule has 0 radical (unpaired) electrons. The van der Waals surface area contributed by atoms with Crippen molar-refractivity contribution < 1.29 is 19.2 Å². The van der Waals surface area contributed by atoms with Crippen molar-refractivity contribution in [3.05, 3.63) is 35.4 Å². The molecule has 1 aliphatic heterocycles. The van der Waals surface area contributed by atoms with Crippen LogP contribution in [0.2, 0.25) is 0 Å². The van der Waals surface area contributed by atoms with Gasteiger partial charge in [0.15, 0.2) is 0 Å². The molecule has 8 nitrogen and oxygen atoms in total. The highest BCUT2D eigenvalue weighted by Gasteiger charge is 2.48. The number of carbonyl (C=O) groups is 4. The zero-order chi connectivity index (χ0) is 19.6. The lowest BCUT2D eigenvalue weighted by Crippen LogP contribution is -2.42. The molecule has 0 bridgehead atoms. The first-order chi connectivity index (χ1) is 12.9. The maximum atomic E-state index is 12.6. The van der Waals surface area contributed by atoms with Crippen molar-refractivity contribution in [3.63, 3.8) is 0 Å². The van der Waals surface area contributed by atoms with Crippen molar-refractivity contribution in [1.29, 1.82) is 0 Å². The van der Waals surface area contributed by atoms with Gasteiger partial charge in [0, 0.05) is 25.2 Å². The highest BCUT2D eigenvalue weighted by atomic mass is 16.2. The second kappa shape index (κ2) is 7.87. The number of urea groups is 1. The van der Waals surface area contributed by atoms with Gasteiger partial charge >= 0.3 is 17.8 Å². The Morgan fingerprint density at radius 3 is 2.33 bits per heavy atom. The lowest BCUT2D eigenvalue weighted by atomic mass is 10.1. The van der Waals surface area contributed by atoms with E-state index in [0.717, 1.165) is 41.0 Å². The summed E-state index contributed by atoms with van der Waals surface area (Å²) in [5, 5.41) is 2.56. The Morgan fingerprint density at radius 1 is 1.11 bits per heavy atom. The van der Waals surface area contributed by atoms with Crippen LogP contribution < -0.4 is 5.32 Å². The molecule has 1 saturated heterocycles. The van der Waals surface area contributed by atoms with Crippen LogP contribution in [0.25, 0.3) is 0 Å². The van der Waals surface area contributed by atoms with Gasteiger partial charge < -0.3 is 5.32 Å². The van der Waals surface area contributed by atoms with E-state index in [9.17, 15) is 19.2 Å². The molecular formula is C19H24N4O4. The Balaban J connectivity index is 1.62. The Morgan fingerprint density at radius 2 is 1.74 bits per heavy atom. The largest absolute Gasteiger partial charge is 0.355 e. The van der Waals surface area contributed by atoms with Gasteiger partial charge in [-0.05, 0) is 37.6 Å². The fraction of sp³-hybridized carbons (Fsp3) is 0.474. The molecule has 3 rings (SSSR count). The zero-order valence-corrected chi connectivity index (χ0v) is 15.6. The molecule has 144 valence electrons. The maximum Gasteiger partial charge on any atom is 0.335 e. The van der Waals surface area contributed by atoms with Gasteiger partial charge in [-0.3, -0.25) is 24.2 Å². The number of imide groups is 2. The number of hydrogen-bond donors (Lipinski definition) is 1. The molecule has 0 spiro atoms. The van der Waals surface area contributed by atoms with Crippen LogP contribution >= 0.6 is 0 Å². The monoisotopic (exact) mass is 372 g/mol. The van der Waals surface area contributed by atoms with Crippen LogP contribution in [0.15, 0.2) is 24.3 Å². The third kappa shape index (κ3) is 3.85. The van der Waals surface area contributed by atoms with Crippen molar-refractivity contribution in [2.24, 2.45) is 0 Å². The molecule has 27 heavy (non-hydrogen) atoms. The number of amides is 5. The van der Waals surface area contributed by atoms with Gasteiger partial charge in [-0.1, -0.05) is 25.0 Å². The first-order valence-corrected chi connectivity index (χ1v) is 9.11. The minimum atomic E-state index is -0.756. The van der Waals surface area contributed by atoms with Crippen molar-refractivity contribution in [2.45, 2.75) is 38.3 Å². The fourth-order valence-electron chi connectivity index (χ4n) is 3.64. The molecule has 0 aromatic heterocycles. The zero-order valence-electron chi connectivity index (χ0n) is 15.6. The Bertz CT molecular complexity index is 755. The molecule has 2 fully saturated rings. The molecule has 1 aromatic carbocycles. The number of benzene rings is 1. The molecule has 1 aliphatic carbocycles. The minimum absolute atomic E-state index is 0.0455.